The summed E-state index contributed by atoms with van der Waals surface area (Å²) in [6.45, 7) is 3.20. The normalized spacial score (nSPS) is 20.2. The number of hydrogen-bond donors (Lipinski definition) is 0. The van der Waals surface area contributed by atoms with Gasteiger partial charge in [-0.05, 0) is 61.3 Å². The van der Waals surface area contributed by atoms with Gasteiger partial charge in [0, 0.05) is 13.1 Å². The van der Waals surface area contributed by atoms with Gasteiger partial charge in [0.2, 0.25) is 10.0 Å². The predicted molar refractivity (Wildman–Crippen MR) is 95.6 cm³/mol. The van der Waals surface area contributed by atoms with Gasteiger partial charge in [-0.1, -0.05) is 42.0 Å². The number of sulfonamides is 1. The predicted octanol–water partition coefficient (Wildman–Crippen LogP) is 3.66. The average Bonchev–Trinajstić information content (AvgIpc) is 2.95. The van der Waals surface area contributed by atoms with E-state index < -0.39 is 10.0 Å². The van der Waals surface area contributed by atoms with Crippen LogP contribution >= 0.6 is 0 Å². The molecule has 0 N–H and O–H groups in total. The molecule has 0 saturated carbocycles. The third-order valence-electron chi connectivity index (χ3n) is 5.80. The Morgan fingerprint density at radius 3 is 2.29 bits per heavy atom. The molecule has 126 valence electrons. The van der Waals surface area contributed by atoms with Crippen LogP contribution in [0.3, 0.4) is 0 Å². The Kier molecular flexibility index (Phi) is 3.77. The molecule has 4 rings (SSSR count). The van der Waals surface area contributed by atoms with Crippen molar-refractivity contribution in [1.82, 2.24) is 4.31 Å². The zero-order chi connectivity index (χ0) is 16.8. The maximum atomic E-state index is 12.9. The van der Waals surface area contributed by atoms with Gasteiger partial charge in [0.25, 0.3) is 0 Å². The SMILES string of the molecule is Cc1ccc(S(=O)(=O)N2CCC3(CCc4ccccc43)CC2)cc1. The zero-order valence-electron chi connectivity index (χ0n) is 14.0. The van der Waals surface area contributed by atoms with E-state index in [1.54, 1.807) is 16.4 Å². The summed E-state index contributed by atoms with van der Waals surface area (Å²) in [5.74, 6) is 0. The first kappa shape index (κ1) is 15.9. The van der Waals surface area contributed by atoms with Crippen LogP contribution in [0.2, 0.25) is 0 Å². The van der Waals surface area contributed by atoms with Crippen molar-refractivity contribution >= 4 is 10.0 Å². The number of rotatable bonds is 2. The summed E-state index contributed by atoms with van der Waals surface area (Å²) in [7, 11) is -3.37. The third kappa shape index (κ3) is 2.49. The minimum Gasteiger partial charge on any atom is -0.207 e. The second kappa shape index (κ2) is 5.71. The Bertz CT molecular complexity index is 847. The molecule has 1 spiro atoms. The Morgan fingerprint density at radius 2 is 1.58 bits per heavy atom. The summed E-state index contributed by atoms with van der Waals surface area (Å²) in [6.07, 6.45) is 4.13. The third-order valence-corrected chi connectivity index (χ3v) is 7.71. The number of hydrogen-bond acceptors (Lipinski definition) is 2. The van der Waals surface area contributed by atoms with E-state index >= 15 is 0 Å². The van der Waals surface area contributed by atoms with E-state index in [9.17, 15) is 8.42 Å². The van der Waals surface area contributed by atoms with Crippen LogP contribution in [0, 0.1) is 6.92 Å². The highest BCUT2D eigenvalue weighted by Crippen LogP contribution is 2.46. The quantitative estimate of drug-likeness (QED) is 0.836. The summed E-state index contributed by atoms with van der Waals surface area (Å²) < 4.78 is 27.4. The van der Waals surface area contributed by atoms with Gasteiger partial charge < -0.3 is 0 Å². The first-order chi connectivity index (χ1) is 11.5. The van der Waals surface area contributed by atoms with E-state index in [-0.39, 0.29) is 5.41 Å². The molecule has 1 aliphatic heterocycles. The molecule has 0 amide bonds. The number of piperidine rings is 1. The standard InChI is InChI=1S/C20H23NO2S/c1-16-6-8-18(9-7-16)24(22,23)21-14-12-20(13-15-21)11-10-17-4-2-3-5-19(17)20/h2-9H,10-15H2,1H3. The highest BCUT2D eigenvalue weighted by atomic mass is 32.2. The first-order valence-corrected chi connectivity index (χ1v) is 10.1. The fraction of sp³-hybridized carbons (Fsp3) is 0.400. The number of nitrogens with zero attached hydrogens (tertiary/aromatic N) is 1. The molecular weight excluding hydrogens is 318 g/mol. The lowest BCUT2D eigenvalue weighted by Gasteiger charge is -2.39. The van der Waals surface area contributed by atoms with E-state index in [1.165, 1.54) is 11.1 Å². The molecule has 2 aromatic rings. The van der Waals surface area contributed by atoms with Gasteiger partial charge in [-0.25, -0.2) is 8.42 Å². The number of benzene rings is 2. The van der Waals surface area contributed by atoms with Crippen LogP contribution in [0.5, 0.6) is 0 Å². The molecule has 1 heterocycles. The molecule has 1 saturated heterocycles. The summed E-state index contributed by atoms with van der Waals surface area (Å²) in [5, 5.41) is 0. The van der Waals surface area contributed by atoms with E-state index in [2.05, 4.69) is 24.3 Å². The fourth-order valence-corrected chi connectivity index (χ4v) is 5.74. The van der Waals surface area contributed by atoms with Crippen LogP contribution in [-0.4, -0.2) is 25.8 Å². The molecule has 0 bridgehead atoms. The fourth-order valence-electron chi connectivity index (χ4n) is 4.30. The van der Waals surface area contributed by atoms with E-state index in [0.717, 1.165) is 31.2 Å². The summed E-state index contributed by atoms with van der Waals surface area (Å²) in [6, 6.07) is 15.9. The van der Waals surface area contributed by atoms with Crippen molar-refractivity contribution in [1.29, 1.82) is 0 Å². The van der Waals surface area contributed by atoms with E-state index in [0.29, 0.717) is 18.0 Å². The smallest absolute Gasteiger partial charge is 0.207 e. The van der Waals surface area contributed by atoms with Gasteiger partial charge in [-0.15, -0.1) is 0 Å². The van der Waals surface area contributed by atoms with Crippen LogP contribution in [-0.2, 0) is 21.9 Å². The highest BCUT2D eigenvalue weighted by Gasteiger charge is 2.43. The molecule has 3 nitrogen and oxygen atoms in total. The first-order valence-electron chi connectivity index (χ1n) is 8.67. The van der Waals surface area contributed by atoms with Crippen molar-refractivity contribution in [3.63, 3.8) is 0 Å². The van der Waals surface area contributed by atoms with Gasteiger partial charge in [-0.2, -0.15) is 4.31 Å². The lowest BCUT2D eigenvalue weighted by Crippen LogP contribution is -2.44. The topological polar surface area (TPSA) is 37.4 Å². The Labute approximate surface area is 144 Å². The Morgan fingerprint density at radius 1 is 0.917 bits per heavy atom. The van der Waals surface area contributed by atoms with Gasteiger partial charge in [0.1, 0.15) is 0 Å². The lowest BCUT2D eigenvalue weighted by molar-refractivity contribution is 0.232. The van der Waals surface area contributed by atoms with Crippen molar-refractivity contribution in [2.45, 2.75) is 42.9 Å². The minimum atomic E-state index is -3.37. The molecule has 0 unspecified atom stereocenters. The summed E-state index contributed by atoms with van der Waals surface area (Å²) in [5.41, 5.74) is 4.18. The van der Waals surface area contributed by atoms with Crippen LogP contribution in [0.25, 0.3) is 0 Å². The number of aryl methyl sites for hydroxylation is 2. The Hall–Kier alpha value is -1.65. The van der Waals surface area contributed by atoms with Gasteiger partial charge in [-0.3, -0.25) is 0 Å². The van der Waals surface area contributed by atoms with Crippen molar-refractivity contribution in [2.75, 3.05) is 13.1 Å². The zero-order valence-corrected chi connectivity index (χ0v) is 14.8. The van der Waals surface area contributed by atoms with Gasteiger partial charge in [0.05, 0.1) is 4.90 Å². The molecule has 2 aromatic carbocycles. The van der Waals surface area contributed by atoms with Crippen LogP contribution < -0.4 is 0 Å². The van der Waals surface area contributed by atoms with Crippen molar-refractivity contribution < 1.29 is 8.42 Å². The van der Waals surface area contributed by atoms with Crippen molar-refractivity contribution in [3.05, 3.63) is 65.2 Å². The largest absolute Gasteiger partial charge is 0.243 e. The van der Waals surface area contributed by atoms with Crippen molar-refractivity contribution in [2.24, 2.45) is 0 Å². The summed E-state index contributed by atoms with van der Waals surface area (Å²) >= 11 is 0. The minimum absolute atomic E-state index is 0.190. The second-order valence-electron chi connectivity index (χ2n) is 7.15. The van der Waals surface area contributed by atoms with E-state index in [1.807, 2.05) is 19.1 Å². The van der Waals surface area contributed by atoms with Crippen LogP contribution in [0.1, 0.15) is 36.0 Å². The molecule has 4 heteroatoms. The van der Waals surface area contributed by atoms with E-state index in [4.69, 9.17) is 0 Å². The lowest BCUT2D eigenvalue weighted by atomic mass is 9.74. The van der Waals surface area contributed by atoms with Gasteiger partial charge >= 0.3 is 0 Å². The van der Waals surface area contributed by atoms with Crippen LogP contribution in [0.4, 0.5) is 0 Å². The second-order valence-corrected chi connectivity index (χ2v) is 9.09. The Balaban J connectivity index is 1.56. The number of fused-ring (bicyclic) bond motifs is 2. The molecule has 0 atom stereocenters. The molecule has 0 radical (unpaired) electrons. The molecule has 0 aromatic heterocycles. The molecule has 2 aliphatic rings. The average molecular weight is 341 g/mol. The molecule has 24 heavy (non-hydrogen) atoms. The maximum absolute atomic E-state index is 12.9. The monoisotopic (exact) mass is 341 g/mol. The summed E-state index contributed by atoms with van der Waals surface area (Å²) in [4.78, 5) is 0.413. The van der Waals surface area contributed by atoms with Crippen LogP contribution in [0.15, 0.2) is 53.4 Å². The molecule has 1 fully saturated rings. The van der Waals surface area contributed by atoms with Gasteiger partial charge in [0.15, 0.2) is 0 Å². The highest BCUT2D eigenvalue weighted by molar-refractivity contribution is 7.89. The molecular formula is C20H23NO2S. The van der Waals surface area contributed by atoms with Crippen molar-refractivity contribution in [3.8, 4) is 0 Å². The maximum Gasteiger partial charge on any atom is 0.243 e. The molecule has 1 aliphatic carbocycles.